The van der Waals surface area contributed by atoms with Crippen LogP contribution < -0.4 is 10.6 Å². The zero-order chi connectivity index (χ0) is 19.3. The molecule has 0 atom stereocenters. The Bertz CT molecular complexity index is 639. The molecule has 5 nitrogen and oxygen atoms in total. The fourth-order valence-corrected chi connectivity index (χ4v) is 3.98. The van der Waals surface area contributed by atoms with Crippen molar-refractivity contribution in [3.63, 3.8) is 0 Å². The van der Waals surface area contributed by atoms with Gasteiger partial charge >= 0.3 is 12.2 Å². The number of hydrogen-bond acceptors (Lipinski definition) is 3. The van der Waals surface area contributed by atoms with E-state index in [1.54, 1.807) is 0 Å². The van der Waals surface area contributed by atoms with E-state index < -0.39 is 17.8 Å². The predicted molar refractivity (Wildman–Crippen MR) is 96.7 cm³/mol. The normalized spacial score (nSPS) is 20.9. The Morgan fingerprint density at radius 3 is 2.44 bits per heavy atom. The van der Waals surface area contributed by atoms with Crippen molar-refractivity contribution in [2.75, 3.05) is 38.2 Å². The molecule has 3 rings (SSSR count). The number of benzene rings is 1. The number of halogens is 3. The van der Waals surface area contributed by atoms with Crippen molar-refractivity contribution in [2.45, 2.75) is 43.8 Å². The molecule has 2 aliphatic heterocycles. The average Bonchev–Trinajstić information content (AvgIpc) is 2.67. The minimum atomic E-state index is -4.51. The molecule has 0 radical (unpaired) electrons. The van der Waals surface area contributed by atoms with Crippen LogP contribution in [-0.2, 0) is 10.9 Å². The summed E-state index contributed by atoms with van der Waals surface area (Å²) in [7, 11) is 0. The molecule has 0 unspecified atom stereocenters. The number of carbonyl (C=O) groups excluding carboxylic acids is 1. The van der Waals surface area contributed by atoms with Crippen LogP contribution in [0.3, 0.4) is 0 Å². The van der Waals surface area contributed by atoms with Crippen LogP contribution in [0.5, 0.6) is 0 Å². The number of rotatable bonds is 4. The topological polar surface area (TPSA) is 53.6 Å². The van der Waals surface area contributed by atoms with Gasteiger partial charge in [-0.1, -0.05) is 18.6 Å². The zero-order valence-corrected chi connectivity index (χ0v) is 15.3. The summed E-state index contributed by atoms with van der Waals surface area (Å²) in [5.74, 6) is 0. The molecule has 0 spiro atoms. The van der Waals surface area contributed by atoms with Gasteiger partial charge in [-0.15, -0.1) is 0 Å². The van der Waals surface area contributed by atoms with E-state index in [0.29, 0.717) is 19.8 Å². The summed E-state index contributed by atoms with van der Waals surface area (Å²) in [6, 6.07) is 4.38. The molecule has 2 fully saturated rings. The van der Waals surface area contributed by atoms with Gasteiger partial charge in [0, 0.05) is 25.3 Å². The second-order valence-electron chi connectivity index (χ2n) is 7.24. The molecule has 1 aromatic carbocycles. The van der Waals surface area contributed by atoms with E-state index in [1.165, 1.54) is 24.6 Å². The lowest BCUT2D eigenvalue weighted by molar-refractivity contribution is -0.136. The van der Waals surface area contributed by atoms with Crippen LogP contribution in [0.2, 0.25) is 0 Å². The average molecular weight is 385 g/mol. The van der Waals surface area contributed by atoms with Gasteiger partial charge in [0.2, 0.25) is 0 Å². The number of anilines is 1. The standard InChI is InChI=1S/C19H26F3N3O2/c20-19(21,22)15-6-2-3-7-16(15)24-17(26)23-14-18(8-12-27-13-9-18)25-10-4-1-5-11-25/h2-3,6-7H,1,4-5,8-14H2,(H2,23,24,26). The van der Waals surface area contributed by atoms with Crippen molar-refractivity contribution in [3.05, 3.63) is 29.8 Å². The highest BCUT2D eigenvalue weighted by Gasteiger charge is 2.39. The van der Waals surface area contributed by atoms with Crippen molar-refractivity contribution in [1.29, 1.82) is 0 Å². The molecular formula is C19H26F3N3O2. The first-order chi connectivity index (χ1) is 12.9. The Hall–Kier alpha value is -1.80. The van der Waals surface area contributed by atoms with Gasteiger partial charge in [0.25, 0.3) is 0 Å². The summed E-state index contributed by atoms with van der Waals surface area (Å²) < 4.78 is 44.8. The Morgan fingerprint density at radius 2 is 1.78 bits per heavy atom. The minimum absolute atomic E-state index is 0.181. The SMILES string of the molecule is O=C(NCC1(N2CCCCC2)CCOCC1)Nc1ccccc1C(F)(F)F. The lowest BCUT2D eigenvalue weighted by Crippen LogP contribution is -2.60. The molecule has 150 valence electrons. The van der Waals surface area contributed by atoms with Gasteiger partial charge in [-0.2, -0.15) is 13.2 Å². The molecule has 0 saturated carbocycles. The number of carbonyl (C=O) groups is 1. The Balaban J connectivity index is 1.65. The lowest BCUT2D eigenvalue weighted by atomic mass is 9.86. The Labute approximate surface area is 157 Å². The summed E-state index contributed by atoms with van der Waals surface area (Å²) in [4.78, 5) is 14.7. The Morgan fingerprint density at radius 1 is 1.11 bits per heavy atom. The third kappa shape index (κ3) is 4.93. The molecular weight excluding hydrogens is 359 g/mol. The largest absolute Gasteiger partial charge is 0.418 e. The maximum absolute atomic E-state index is 13.1. The summed E-state index contributed by atoms with van der Waals surface area (Å²) in [6.07, 6.45) is 0.588. The third-order valence-corrected chi connectivity index (χ3v) is 5.51. The van der Waals surface area contributed by atoms with E-state index in [1.807, 2.05) is 0 Å². The van der Waals surface area contributed by atoms with Crippen molar-refractivity contribution in [2.24, 2.45) is 0 Å². The summed E-state index contributed by atoms with van der Waals surface area (Å²) in [6.45, 7) is 3.64. The first-order valence-electron chi connectivity index (χ1n) is 9.45. The van der Waals surface area contributed by atoms with Crippen molar-refractivity contribution in [1.82, 2.24) is 10.2 Å². The highest BCUT2D eigenvalue weighted by atomic mass is 19.4. The van der Waals surface area contributed by atoms with Gasteiger partial charge in [-0.05, 0) is 50.9 Å². The van der Waals surface area contributed by atoms with Crippen molar-refractivity contribution in [3.8, 4) is 0 Å². The Kier molecular flexibility index (Phi) is 6.26. The second kappa shape index (κ2) is 8.48. The van der Waals surface area contributed by atoms with Gasteiger partial charge in [-0.25, -0.2) is 4.79 Å². The smallest absolute Gasteiger partial charge is 0.381 e. The number of nitrogens with zero attached hydrogens (tertiary/aromatic N) is 1. The first-order valence-corrected chi connectivity index (χ1v) is 9.45. The number of hydrogen-bond donors (Lipinski definition) is 2. The molecule has 8 heteroatoms. The first kappa shape index (κ1) is 19.9. The monoisotopic (exact) mass is 385 g/mol. The maximum atomic E-state index is 13.1. The molecule has 27 heavy (non-hydrogen) atoms. The number of ether oxygens (including phenoxy) is 1. The van der Waals surface area contributed by atoms with Crippen LogP contribution in [0.25, 0.3) is 0 Å². The number of alkyl halides is 3. The number of urea groups is 1. The van der Waals surface area contributed by atoms with E-state index in [2.05, 4.69) is 15.5 Å². The summed E-state index contributed by atoms with van der Waals surface area (Å²) in [5, 5.41) is 5.16. The van der Waals surface area contributed by atoms with Crippen LogP contribution in [0.15, 0.2) is 24.3 Å². The number of para-hydroxylation sites is 1. The molecule has 0 aliphatic carbocycles. The van der Waals surface area contributed by atoms with Crippen LogP contribution in [0, 0.1) is 0 Å². The van der Waals surface area contributed by atoms with E-state index in [9.17, 15) is 18.0 Å². The quantitative estimate of drug-likeness (QED) is 0.828. The minimum Gasteiger partial charge on any atom is -0.381 e. The van der Waals surface area contributed by atoms with Gasteiger partial charge < -0.3 is 15.4 Å². The summed E-state index contributed by atoms with van der Waals surface area (Å²) in [5.41, 5.74) is -1.27. The van der Waals surface area contributed by atoms with Crippen LogP contribution >= 0.6 is 0 Å². The molecule has 2 amide bonds. The van der Waals surface area contributed by atoms with Crippen molar-refractivity contribution >= 4 is 11.7 Å². The number of likely N-dealkylation sites (tertiary alicyclic amines) is 1. The van der Waals surface area contributed by atoms with Crippen LogP contribution in [0.4, 0.5) is 23.7 Å². The van der Waals surface area contributed by atoms with E-state index in [0.717, 1.165) is 44.8 Å². The predicted octanol–water partition coefficient (Wildman–Crippen LogP) is 3.86. The zero-order valence-electron chi connectivity index (χ0n) is 15.3. The van der Waals surface area contributed by atoms with E-state index >= 15 is 0 Å². The molecule has 2 aliphatic rings. The fourth-order valence-electron chi connectivity index (χ4n) is 3.98. The highest BCUT2D eigenvalue weighted by Crippen LogP contribution is 2.34. The molecule has 2 N–H and O–H groups in total. The highest BCUT2D eigenvalue weighted by molar-refractivity contribution is 5.90. The molecule has 1 aromatic rings. The van der Waals surface area contributed by atoms with Gasteiger partial charge in [0.1, 0.15) is 0 Å². The van der Waals surface area contributed by atoms with E-state index in [4.69, 9.17) is 4.74 Å². The summed E-state index contributed by atoms with van der Waals surface area (Å²) >= 11 is 0. The van der Waals surface area contributed by atoms with Crippen molar-refractivity contribution < 1.29 is 22.7 Å². The number of piperidine rings is 1. The van der Waals surface area contributed by atoms with Gasteiger partial charge in [-0.3, -0.25) is 4.90 Å². The van der Waals surface area contributed by atoms with Crippen LogP contribution in [0.1, 0.15) is 37.7 Å². The lowest BCUT2D eigenvalue weighted by Gasteiger charge is -2.48. The number of amides is 2. The molecule has 0 bridgehead atoms. The molecule has 2 saturated heterocycles. The fraction of sp³-hybridized carbons (Fsp3) is 0.632. The van der Waals surface area contributed by atoms with Crippen LogP contribution in [-0.4, -0.2) is 49.3 Å². The molecule has 0 aromatic heterocycles. The van der Waals surface area contributed by atoms with E-state index in [-0.39, 0.29) is 11.2 Å². The number of nitrogens with one attached hydrogen (secondary N) is 2. The molecule has 2 heterocycles. The van der Waals surface area contributed by atoms with Gasteiger partial charge in [0.15, 0.2) is 0 Å². The maximum Gasteiger partial charge on any atom is 0.418 e. The third-order valence-electron chi connectivity index (χ3n) is 5.51. The second-order valence-corrected chi connectivity index (χ2v) is 7.24. The van der Waals surface area contributed by atoms with Gasteiger partial charge in [0.05, 0.1) is 11.3 Å².